The maximum Gasteiger partial charge on any atom is 0.108 e. The fourth-order valence-electron chi connectivity index (χ4n) is 0.761. The summed E-state index contributed by atoms with van der Waals surface area (Å²) in [5.74, 6) is 0. The predicted molar refractivity (Wildman–Crippen MR) is 40.0 cm³/mol. The van der Waals surface area contributed by atoms with E-state index in [1.807, 2.05) is 0 Å². The average molecular weight is 164 g/mol. The molecule has 0 aromatic heterocycles. The predicted octanol–water partition coefficient (Wildman–Crippen LogP) is -1.14. The summed E-state index contributed by atoms with van der Waals surface area (Å²) in [5.41, 5.74) is -1.32. The highest BCUT2D eigenvalue weighted by molar-refractivity contribution is 4.82. The first-order valence-electron chi connectivity index (χ1n) is 3.59. The summed E-state index contributed by atoms with van der Waals surface area (Å²) in [6.45, 7) is 2.60. The smallest absolute Gasteiger partial charge is 0.108 e. The maximum atomic E-state index is 9.19. The van der Waals surface area contributed by atoms with Crippen molar-refractivity contribution in [1.29, 1.82) is 0 Å². The molecule has 11 heavy (non-hydrogen) atoms. The van der Waals surface area contributed by atoms with Gasteiger partial charge in [-0.25, -0.2) is 0 Å². The van der Waals surface area contributed by atoms with E-state index in [9.17, 15) is 10.2 Å². The Kier molecular flexibility index (Phi) is 3.96. The summed E-state index contributed by atoms with van der Waals surface area (Å²) in [7, 11) is 0. The first-order valence-corrected chi connectivity index (χ1v) is 3.59. The maximum absolute atomic E-state index is 9.19. The van der Waals surface area contributed by atoms with E-state index < -0.39 is 17.8 Å². The molecule has 0 aromatic rings. The van der Waals surface area contributed by atoms with E-state index in [0.29, 0.717) is 0 Å². The molecule has 0 rings (SSSR count). The highest BCUT2D eigenvalue weighted by atomic mass is 16.4. The van der Waals surface area contributed by atoms with Crippen LogP contribution in [0.1, 0.15) is 20.3 Å². The van der Waals surface area contributed by atoms with Crippen molar-refractivity contribution in [3.05, 3.63) is 0 Å². The van der Waals surface area contributed by atoms with Crippen LogP contribution >= 0.6 is 0 Å². The summed E-state index contributed by atoms with van der Waals surface area (Å²) < 4.78 is 0. The Hall–Kier alpha value is -0.160. The Morgan fingerprint density at radius 1 is 1.27 bits per heavy atom. The second-order valence-corrected chi connectivity index (χ2v) is 3.18. The Bertz CT molecular complexity index is 107. The molecule has 0 aliphatic rings. The zero-order valence-electron chi connectivity index (χ0n) is 6.86. The van der Waals surface area contributed by atoms with Crippen LogP contribution in [0.25, 0.3) is 0 Å². The van der Waals surface area contributed by atoms with E-state index in [2.05, 4.69) is 0 Å². The van der Waals surface area contributed by atoms with Gasteiger partial charge in [0.25, 0.3) is 0 Å². The molecule has 0 saturated heterocycles. The minimum atomic E-state index is -1.32. The lowest BCUT2D eigenvalue weighted by Crippen LogP contribution is -2.44. The molecule has 0 aliphatic carbocycles. The lowest BCUT2D eigenvalue weighted by atomic mass is 9.95. The minimum Gasteiger partial charge on any atom is -0.396 e. The van der Waals surface area contributed by atoms with Crippen molar-refractivity contribution in [1.82, 2.24) is 0 Å². The van der Waals surface area contributed by atoms with Gasteiger partial charge in [-0.05, 0) is 20.3 Å². The number of hydrogen-bond acceptors (Lipinski definition) is 4. The molecule has 4 N–H and O–H groups in total. The van der Waals surface area contributed by atoms with Crippen LogP contribution in [0.15, 0.2) is 0 Å². The number of aliphatic hydroxyl groups excluding tert-OH is 3. The van der Waals surface area contributed by atoms with Crippen molar-refractivity contribution in [2.75, 3.05) is 6.61 Å². The molecule has 4 heteroatoms. The van der Waals surface area contributed by atoms with Gasteiger partial charge in [0.05, 0.1) is 11.7 Å². The van der Waals surface area contributed by atoms with E-state index in [1.54, 1.807) is 0 Å². The van der Waals surface area contributed by atoms with Crippen molar-refractivity contribution in [3.63, 3.8) is 0 Å². The second-order valence-electron chi connectivity index (χ2n) is 3.18. The molecule has 0 bridgehead atoms. The Morgan fingerprint density at radius 2 is 1.73 bits per heavy atom. The van der Waals surface area contributed by atoms with Crippen molar-refractivity contribution >= 4 is 0 Å². The van der Waals surface area contributed by atoms with Crippen LogP contribution in [0.4, 0.5) is 0 Å². The van der Waals surface area contributed by atoms with Gasteiger partial charge in [0.2, 0.25) is 0 Å². The van der Waals surface area contributed by atoms with Crippen LogP contribution in [0.2, 0.25) is 0 Å². The van der Waals surface area contributed by atoms with E-state index in [4.69, 9.17) is 10.2 Å². The van der Waals surface area contributed by atoms with Gasteiger partial charge in [-0.2, -0.15) is 0 Å². The largest absolute Gasteiger partial charge is 0.396 e. The first-order chi connectivity index (χ1) is 4.89. The molecule has 68 valence electrons. The third-order valence-electron chi connectivity index (χ3n) is 1.51. The molecule has 4 nitrogen and oxygen atoms in total. The van der Waals surface area contributed by atoms with Gasteiger partial charge in [-0.1, -0.05) is 0 Å². The molecule has 0 radical (unpaired) electrons. The van der Waals surface area contributed by atoms with Gasteiger partial charge in [-0.3, -0.25) is 0 Å². The Morgan fingerprint density at radius 3 is 2.00 bits per heavy atom. The first kappa shape index (κ1) is 10.8. The highest BCUT2D eigenvalue weighted by Gasteiger charge is 2.30. The van der Waals surface area contributed by atoms with Crippen molar-refractivity contribution in [2.45, 2.75) is 38.1 Å². The van der Waals surface area contributed by atoms with Gasteiger partial charge in [0, 0.05) is 6.61 Å². The molecule has 0 spiro atoms. The normalized spacial score (nSPS) is 18.0. The third-order valence-corrected chi connectivity index (χ3v) is 1.51. The van der Waals surface area contributed by atoms with E-state index in [1.165, 1.54) is 13.8 Å². The molecule has 0 aromatic carbocycles. The van der Waals surface area contributed by atoms with Crippen molar-refractivity contribution in [2.24, 2.45) is 0 Å². The molecular formula is C7H16O4. The number of aliphatic hydroxyl groups is 4. The summed E-state index contributed by atoms with van der Waals surface area (Å²) in [5, 5.41) is 35.8. The SMILES string of the molecule is CC(C)(O)[C@@H](O)[C@H](O)CCO. The summed E-state index contributed by atoms with van der Waals surface area (Å²) in [6.07, 6.45) is -2.21. The van der Waals surface area contributed by atoms with Crippen LogP contribution in [-0.4, -0.2) is 44.8 Å². The third kappa shape index (κ3) is 3.67. The van der Waals surface area contributed by atoms with Gasteiger partial charge in [0.15, 0.2) is 0 Å². The summed E-state index contributed by atoms with van der Waals surface area (Å²) >= 11 is 0. The summed E-state index contributed by atoms with van der Waals surface area (Å²) in [4.78, 5) is 0. The zero-order chi connectivity index (χ0) is 9.07. The molecule has 0 aliphatic heterocycles. The van der Waals surface area contributed by atoms with E-state index in [0.717, 1.165) is 0 Å². The van der Waals surface area contributed by atoms with Crippen LogP contribution in [-0.2, 0) is 0 Å². The van der Waals surface area contributed by atoms with Gasteiger partial charge in [0.1, 0.15) is 6.10 Å². The molecule has 0 saturated carbocycles. The Balaban J connectivity index is 3.91. The number of rotatable bonds is 4. The second kappa shape index (κ2) is 4.01. The quantitative estimate of drug-likeness (QED) is 0.423. The standard InChI is InChI=1S/C7H16O4/c1-7(2,11)6(10)5(9)3-4-8/h5-6,8-11H,3-4H2,1-2H3/t5-,6+/m1/s1. The summed E-state index contributed by atoms with van der Waals surface area (Å²) in [6, 6.07) is 0. The Labute approximate surface area is 66.1 Å². The fourth-order valence-corrected chi connectivity index (χ4v) is 0.761. The van der Waals surface area contributed by atoms with Crippen LogP contribution in [0, 0.1) is 0 Å². The molecular weight excluding hydrogens is 148 g/mol. The topological polar surface area (TPSA) is 80.9 Å². The van der Waals surface area contributed by atoms with E-state index >= 15 is 0 Å². The van der Waals surface area contributed by atoms with Crippen molar-refractivity contribution < 1.29 is 20.4 Å². The average Bonchev–Trinajstić information content (AvgIpc) is 1.85. The van der Waals surface area contributed by atoms with Crippen molar-refractivity contribution in [3.8, 4) is 0 Å². The van der Waals surface area contributed by atoms with Gasteiger partial charge >= 0.3 is 0 Å². The van der Waals surface area contributed by atoms with Crippen LogP contribution < -0.4 is 0 Å². The molecule has 2 atom stereocenters. The highest BCUT2D eigenvalue weighted by Crippen LogP contribution is 2.13. The monoisotopic (exact) mass is 164 g/mol. The lowest BCUT2D eigenvalue weighted by Gasteiger charge is -2.28. The molecule has 0 amide bonds. The number of hydrogen-bond donors (Lipinski definition) is 4. The van der Waals surface area contributed by atoms with Crippen LogP contribution in [0.5, 0.6) is 0 Å². The van der Waals surface area contributed by atoms with Crippen LogP contribution in [0.3, 0.4) is 0 Å². The molecule has 0 fully saturated rings. The van der Waals surface area contributed by atoms with Gasteiger partial charge < -0.3 is 20.4 Å². The van der Waals surface area contributed by atoms with E-state index in [-0.39, 0.29) is 13.0 Å². The fraction of sp³-hybridized carbons (Fsp3) is 1.00. The zero-order valence-corrected chi connectivity index (χ0v) is 6.86. The lowest BCUT2D eigenvalue weighted by molar-refractivity contribution is -0.110. The molecule has 0 unspecified atom stereocenters. The van der Waals surface area contributed by atoms with Gasteiger partial charge in [-0.15, -0.1) is 0 Å². The molecule has 0 heterocycles. The minimum absolute atomic E-state index is 0.0746.